The molecule has 0 aliphatic heterocycles. The van der Waals surface area contributed by atoms with Crippen molar-refractivity contribution in [1.82, 2.24) is 0 Å². The van der Waals surface area contributed by atoms with Crippen LogP contribution in [-0.4, -0.2) is 28.5 Å². The normalized spacial score (nSPS) is 44.8. The van der Waals surface area contributed by atoms with Gasteiger partial charge in [-0.3, -0.25) is 14.4 Å². The van der Waals surface area contributed by atoms with Crippen molar-refractivity contribution in [1.29, 1.82) is 0 Å². The SMILES string of the molecule is CC(=O)[C@]1(OC(=O)CBr)CC[C@H]2[C@H]3CCC4=CC(=O)CC[C@]4(C)[C@H]3CC[C@@]21C. The number of carbonyl (C=O) groups is 3. The van der Waals surface area contributed by atoms with E-state index in [-0.39, 0.29) is 33.7 Å². The van der Waals surface area contributed by atoms with Crippen LogP contribution in [0, 0.1) is 28.6 Å². The lowest BCUT2D eigenvalue weighted by Crippen LogP contribution is -2.58. The van der Waals surface area contributed by atoms with Gasteiger partial charge in [-0.1, -0.05) is 35.4 Å². The van der Waals surface area contributed by atoms with Crippen LogP contribution >= 0.6 is 15.9 Å². The van der Waals surface area contributed by atoms with Gasteiger partial charge in [0.15, 0.2) is 17.2 Å². The summed E-state index contributed by atoms with van der Waals surface area (Å²) >= 11 is 3.19. The molecule has 0 aromatic rings. The van der Waals surface area contributed by atoms with Crippen molar-refractivity contribution in [3.05, 3.63) is 11.6 Å². The Kier molecular flexibility index (Phi) is 4.92. The van der Waals surface area contributed by atoms with Crippen molar-refractivity contribution < 1.29 is 19.1 Å². The quantitative estimate of drug-likeness (QED) is 0.458. The molecule has 0 heterocycles. The highest BCUT2D eigenvalue weighted by molar-refractivity contribution is 9.09. The van der Waals surface area contributed by atoms with Gasteiger partial charge in [0, 0.05) is 11.8 Å². The zero-order valence-electron chi connectivity index (χ0n) is 17.2. The standard InChI is InChI=1S/C23H31BrO4/c1-14(25)23(28-20(27)13-24)11-8-19-17-5-4-15-12-16(26)6-9-21(15,2)18(17)7-10-22(19,23)3/h12,17-19H,4-11,13H2,1-3H3/t17-,18-,19-,21-,22-,23+/m0/s1. The number of halogens is 1. The van der Waals surface area contributed by atoms with E-state index >= 15 is 0 Å². The fraction of sp³-hybridized carbons (Fsp3) is 0.783. The molecule has 0 saturated heterocycles. The molecule has 0 amide bonds. The first-order valence-corrected chi connectivity index (χ1v) is 11.8. The smallest absolute Gasteiger partial charge is 0.317 e. The lowest BCUT2D eigenvalue weighted by atomic mass is 9.46. The van der Waals surface area contributed by atoms with Crippen molar-refractivity contribution in [2.75, 3.05) is 5.33 Å². The van der Waals surface area contributed by atoms with E-state index in [0.717, 1.165) is 38.5 Å². The number of ether oxygens (including phenoxy) is 1. The van der Waals surface area contributed by atoms with Crippen LogP contribution in [0.4, 0.5) is 0 Å². The first-order valence-electron chi connectivity index (χ1n) is 10.7. The number of esters is 1. The van der Waals surface area contributed by atoms with Gasteiger partial charge in [0.2, 0.25) is 0 Å². The zero-order chi connectivity index (χ0) is 20.3. The van der Waals surface area contributed by atoms with Crippen LogP contribution in [0.1, 0.15) is 72.1 Å². The number of carbonyl (C=O) groups excluding carboxylic acids is 3. The molecule has 5 heteroatoms. The van der Waals surface area contributed by atoms with Crippen LogP contribution in [0.5, 0.6) is 0 Å². The van der Waals surface area contributed by atoms with Crippen LogP contribution in [0.2, 0.25) is 0 Å². The minimum atomic E-state index is -0.979. The van der Waals surface area contributed by atoms with Gasteiger partial charge in [-0.15, -0.1) is 0 Å². The molecule has 0 bridgehead atoms. The van der Waals surface area contributed by atoms with E-state index in [0.29, 0.717) is 30.6 Å². The predicted octanol–water partition coefficient (Wildman–Crippen LogP) is 4.78. The highest BCUT2D eigenvalue weighted by Gasteiger charge is 2.67. The van der Waals surface area contributed by atoms with Gasteiger partial charge in [-0.2, -0.15) is 0 Å². The molecular formula is C23H31BrO4. The fourth-order valence-electron chi connectivity index (χ4n) is 7.60. The van der Waals surface area contributed by atoms with Gasteiger partial charge >= 0.3 is 5.97 Å². The molecule has 4 aliphatic carbocycles. The lowest BCUT2D eigenvalue weighted by molar-refractivity contribution is -0.186. The summed E-state index contributed by atoms with van der Waals surface area (Å²) in [4.78, 5) is 37.0. The number of allylic oxidation sites excluding steroid dienone is 1. The maximum Gasteiger partial charge on any atom is 0.317 e. The molecule has 28 heavy (non-hydrogen) atoms. The van der Waals surface area contributed by atoms with Crippen molar-refractivity contribution in [3.63, 3.8) is 0 Å². The Bertz CT molecular complexity index is 758. The number of rotatable bonds is 3. The van der Waals surface area contributed by atoms with E-state index in [4.69, 9.17) is 4.74 Å². The Labute approximate surface area is 176 Å². The Morgan fingerprint density at radius 1 is 1.11 bits per heavy atom. The molecule has 4 aliphatic rings. The van der Waals surface area contributed by atoms with E-state index in [2.05, 4.69) is 29.8 Å². The van der Waals surface area contributed by atoms with Crippen LogP contribution in [-0.2, 0) is 19.1 Å². The van der Waals surface area contributed by atoms with Crippen LogP contribution in [0.15, 0.2) is 11.6 Å². The molecule has 0 N–H and O–H groups in total. The van der Waals surface area contributed by atoms with E-state index < -0.39 is 5.60 Å². The Morgan fingerprint density at radius 2 is 1.82 bits per heavy atom. The molecule has 4 rings (SSSR count). The number of fused-ring (bicyclic) bond motifs is 5. The van der Waals surface area contributed by atoms with Gasteiger partial charge in [-0.05, 0) is 81.1 Å². The molecule has 4 nitrogen and oxygen atoms in total. The molecule has 0 unspecified atom stereocenters. The third-order valence-electron chi connectivity index (χ3n) is 9.05. The van der Waals surface area contributed by atoms with Gasteiger partial charge < -0.3 is 4.74 Å². The maximum atomic E-state index is 12.8. The highest BCUT2D eigenvalue weighted by atomic mass is 79.9. The Morgan fingerprint density at radius 3 is 2.50 bits per heavy atom. The summed E-state index contributed by atoms with van der Waals surface area (Å²) < 4.78 is 5.92. The van der Waals surface area contributed by atoms with Crippen molar-refractivity contribution in [2.45, 2.75) is 77.7 Å². The van der Waals surface area contributed by atoms with E-state index in [1.807, 2.05) is 6.08 Å². The molecule has 0 radical (unpaired) electrons. The summed E-state index contributed by atoms with van der Waals surface area (Å²) in [5.41, 5.74) is 0.203. The van der Waals surface area contributed by atoms with Crippen molar-refractivity contribution >= 4 is 33.5 Å². The molecule has 6 atom stereocenters. The summed E-state index contributed by atoms with van der Waals surface area (Å²) in [6.07, 6.45) is 9.16. The lowest BCUT2D eigenvalue weighted by Gasteiger charge is -2.59. The van der Waals surface area contributed by atoms with Crippen LogP contribution in [0.25, 0.3) is 0 Å². The van der Waals surface area contributed by atoms with Gasteiger partial charge in [0.25, 0.3) is 0 Å². The van der Waals surface area contributed by atoms with E-state index in [9.17, 15) is 14.4 Å². The Balaban J connectivity index is 1.69. The molecule has 3 saturated carbocycles. The van der Waals surface area contributed by atoms with E-state index in [1.165, 1.54) is 5.57 Å². The molecule has 0 spiro atoms. The average molecular weight is 451 g/mol. The second-order valence-corrected chi connectivity index (χ2v) is 10.5. The second-order valence-electron chi connectivity index (χ2n) is 9.95. The summed E-state index contributed by atoms with van der Waals surface area (Å²) in [6, 6.07) is 0. The third kappa shape index (κ3) is 2.64. The molecule has 154 valence electrons. The van der Waals surface area contributed by atoms with Gasteiger partial charge in [-0.25, -0.2) is 0 Å². The summed E-state index contributed by atoms with van der Waals surface area (Å²) in [6.45, 7) is 6.15. The largest absolute Gasteiger partial charge is 0.450 e. The monoisotopic (exact) mass is 450 g/mol. The van der Waals surface area contributed by atoms with Gasteiger partial charge in [0.1, 0.15) is 5.33 Å². The minimum Gasteiger partial charge on any atom is -0.450 e. The number of alkyl halides is 1. The first kappa shape index (κ1) is 20.3. The number of Topliss-reactive ketones (excluding diaryl/α,β-unsaturated/α-hetero) is 1. The molecule has 0 aromatic carbocycles. The van der Waals surface area contributed by atoms with Crippen molar-refractivity contribution in [3.8, 4) is 0 Å². The number of hydrogen-bond donors (Lipinski definition) is 0. The second kappa shape index (κ2) is 6.78. The molecule has 3 fully saturated rings. The van der Waals surface area contributed by atoms with Crippen LogP contribution in [0.3, 0.4) is 0 Å². The fourth-order valence-corrected chi connectivity index (χ4v) is 7.71. The zero-order valence-corrected chi connectivity index (χ0v) is 18.8. The molecular weight excluding hydrogens is 420 g/mol. The minimum absolute atomic E-state index is 0.00359. The summed E-state index contributed by atoms with van der Waals surface area (Å²) in [7, 11) is 0. The maximum absolute atomic E-state index is 12.8. The average Bonchev–Trinajstić information content (AvgIpc) is 2.95. The number of hydrogen-bond acceptors (Lipinski definition) is 4. The topological polar surface area (TPSA) is 60.4 Å². The van der Waals surface area contributed by atoms with Crippen LogP contribution < -0.4 is 0 Å². The highest BCUT2D eigenvalue weighted by Crippen LogP contribution is 2.68. The summed E-state index contributed by atoms with van der Waals surface area (Å²) in [5, 5.41) is 0.120. The molecule has 0 aromatic heterocycles. The Hall–Kier alpha value is -0.970. The third-order valence-corrected chi connectivity index (χ3v) is 9.51. The number of ketones is 2. The predicted molar refractivity (Wildman–Crippen MR) is 110 cm³/mol. The summed E-state index contributed by atoms with van der Waals surface area (Å²) in [5.74, 6) is 1.44. The van der Waals surface area contributed by atoms with Crippen molar-refractivity contribution in [2.24, 2.45) is 28.6 Å². The first-order chi connectivity index (χ1) is 13.2. The van der Waals surface area contributed by atoms with E-state index in [1.54, 1.807) is 6.92 Å². The van der Waals surface area contributed by atoms with Gasteiger partial charge in [0.05, 0.1) is 0 Å².